The summed E-state index contributed by atoms with van der Waals surface area (Å²) in [5, 5.41) is 14.3. The Bertz CT molecular complexity index is 875. The summed E-state index contributed by atoms with van der Waals surface area (Å²) >= 11 is 0. The molecular weight excluding hydrogens is 368 g/mol. The maximum absolute atomic E-state index is 12.8. The normalized spacial score (nSPS) is 14.9. The highest BCUT2D eigenvalue weighted by molar-refractivity contribution is 5.95. The average molecular weight is 394 g/mol. The van der Waals surface area contributed by atoms with Crippen LogP contribution in [0.15, 0.2) is 54.6 Å². The van der Waals surface area contributed by atoms with Crippen LogP contribution in [0, 0.1) is 10.1 Å². The molecule has 1 saturated heterocycles. The minimum atomic E-state index is -0.453. The van der Waals surface area contributed by atoms with Gasteiger partial charge in [-0.3, -0.25) is 19.8 Å². The molecule has 29 heavy (non-hydrogen) atoms. The summed E-state index contributed by atoms with van der Waals surface area (Å²) in [4.78, 5) is 27.7. The third-order valence-electron chi connectivity index (χ3n) is 4.94. The molecule has 0 saturated carbocycles. The minimum absolute atomic E-state index is 0.0672. The van der Waals surface area contributed by atoms with Crippen LogP contribution in [0.2, 0.25) is 0 Å². The molecule has 0 aliphatic carbocycles. The number of amides is 1. The molecule has 2 aromatic rings. The number of nitrogens with zero attached hydrogens (tertiary/aromatic N) is 3. The topological polar surface area (TPSA) is 78.7 Å². The predicted octanol–water partition coefficient (Wildman–Crippen LogP) is 3.50. The molecule has 1 aliphatic heterocycles. The van der Waals surface area contributed by atoms with Gasteiger partial charge in [0.15, 0.2) is 0 Å². The minimum Gasteiger partial charge on any atom is -0.380 e. The average Bonchev–Trinajstić information content (AvgIpc) is 2.75. The second-order valence-corrected chi connectivity index (χ2v) is 6.93. The first-order valence-electron chi connectivity index (χ1n) is 9.84. The molecule has 7 nitrogen and oxygen atoms in total. The lowest BCUT2D eigenvalue weighted by Gasteiger charge is -2.34. The number of rotatable bonds is 7. The van der Waals surface area contributed by atoms with Gasteiger partial charge in [0.05, 0.1) is 4.92 Å². The van der Waals surface area contributed by atoms with Crippen LogP contribution in [0.3, 0.4) is 0 Å². The maximum Gasteiger partial charge on any atom is 0.293 e. The predicted molar refractivity (Wildman–Crippen MR) is 115 cm³/mol. The first-order chi connectivity index (χ1) is 14.1. The van der Waals surface area contributed by atoms with Gasteiger partial charge in [-0.15, -0.1) is 0 Å². The van der Waals surface area contributed by atoms with Crippen molar-refractivity contribution >= 4 is 23.4 Å². The number of hydrogen-bond acceptors (Lipinski definition) is 5. The van der Waals surface area contributed by atoms with Crippen molar-refractivity contribution in [2.75, 3.05) is 44.6 Å². The molecule has 0 radical (unpaired) electrons. The van der Waals surface area contributed by atoms with E-state index in [1.807, 2.05) is 25.1 Å². The number of nitrogens with one attached hydrogen (secondary N) is 1. The van der Waals surface area contributed by atoms with Gasteiger partial charge in [-0.25, -0.2) is 0 Å². The van der Waals surface area contributed by atoms with Crippen LogP contribution in [0.1, 0.15) is 22.8 Å². The lowest BCUT2D eigenvalue weighted by atomic mass is 10.1. The fraction of sp³-hybridized carbons (Fsp3) is 0.318. The number of hydrogen-bond donors (Lipinski definition) is 1. The van der Waals surface area contributed by atoms with E-state index in [9.17, 15) is 14.9 Å². The van der Waals surface area contributed by atoms with Crippen molar-refractivity contribution in [3.8, 4) is 0 Å². The Hall–Kier alpha value is -3.19. The quantitative estimate of drug-likeness (QED) is 0.574. The highest BCUT2D eigenvalue weighted by Gasteiger charge is 2.24. The largest absolute Gasteiger partial charge is 0.380 e. The standard InChI is InChI=1S/C22H26N4O3/c1-2-23-20-11-10-19(17-21(20)26(28)29)22(27)25-15-13-24(14-16-25)12-6-9-18-7-4-3-5-8-18/h3-11,17,23H,2,12-16H2,1H3. The van der Waals surface area contributed by atoms with Gasteiger partial charge in [-0.1, -0.05) is 42.5 Å². The molecule has 152 valence electrons. The molecule has 1 fully saturated rings. The smallest absolute Gasteiger partial charge is 0.293 e. The van der Waals surface area contributed by atoms with Crippen LogP contribution in [-0.4, -0.2) is 59.9 Å². The fourth-order valence-corrected chi connectivity index (χ4v) is 3.37. The van der Waals surface area contributed by atoms with E-state index in [-0.39, 0.29) is 11.6 Å². The summed E-state index contributed by atoms with van der Waals surface area (Å²) in [5.74, 6) is -0.157. The summed E-state index contributed by atoms with van der Waals surface area (Å²) in [5.41, 5.74) is 1.89. The van der Waals surface area contributed by atoms with Crippen molar-refractivity contribution in [2.24, 2.45) is 0 Å². The van der Waals surface area contributed by atoms with E-state index < -0.39 is 4.92 Å². The number of carbonyl (C=O) groups is 1. The first-order valence-corrected chi connectivity index (χ1v) is 9.84. The molecule has 2 aromatic carbocycles. The van der Waals surface area contributed by atoms with E-state index in [0.29, 0.717) is 30.9 Å². The second kappa shape index (κ2) is 9.84. The fourth-order valence-electron chi connectivity index (χ4n) is 3.37. The number of nitro benzene ring substituents is 1. The summed E-state index contributed by atoms with van der Waals surface area (Å²) in [6.07, 6.45) is 4.23. The molecule has 0 atom stereocenters. The third-order valence-corrected chi connectivity index (χ3v) is 4.94. The second-order valence-electron chi connectivity index (χ2n) is 6.93. The summed E-state index contributed by atoms with van der Waals surface area (Å²) in [6.45, 7) is 6.07. The number of piperazine rings is 1. The number of anilines is 1. The van der Waals surface area contributed by atoms with E-state index in [1.54, 1.807) is 17.0 Å². The molecule has 0 spiro atoms. The zero-order valence-electron chi connectivity index (χ0n) is 16.6. The first kappa shape index (κ1) is 20.5. The van der Waals surface area contributed by atoms with E-state index >= 15 is 0 Å². The Labute approximate surface area is 170 Å². The van der Waals surface area contributed by atoms with E-state index in [1.165, 1.54) is 11.6 Å². The van der Waals surface area contributed by atoms with Crippen molar-refractivity contribution < 1.29 is 9.72 Å². The van der Waals surface area contributed by atoms with E-state index in [0.717, 1.165) is 19.6 Å². The van der Waals surface area contributed by atoms with Crippen LogP contribution in [0.4, 0.5) is 11.4 Å². The van der Waals surface area contributed by atoms with Crippen LogP contribution in [-0.2, 0) is 0 Å². The Balaban J connectivity index is 1.56. The van der Waals surface area contributed by atoms with Gasteiger partial charge in [0.1, 0.15) is 5.69 Å². The molecule has 1 amide bonds. The van der Waals surface area contributed by atoms with Crippen LogP contribution in [0.25, 0.3) is 6.08 Å². The molecule has 1 aliphatic rings. The van der Waals surface area contributed by atoms with Gasteiger partial charge in [-0.2, -0.15) is 0 Å². The zero-order valence-corrected chi connectivity index (χ0v) is 16.6. The molecule has 7 heteroatoms. The van der Waals surface area contributed by atoms with Crippen molar-refractivity contribution in [2.45, 2.75) is 6.92 Å². The SMILES string of the molecule is CCNc1ccc(C(=O)N2CCN(CC=Cc3ccccc3)CC2)cc1[N+](=O)[O-]. The van der Waals surface area contributed by atoms with Crippen molar-refractivity contribution in [3.63, 3.8) is 0 Å². The van der Waals surface area contributed by atoms with Crippen molar-refractivity contribution in [3.05, 3.63) is 75.8 Å². The Kier molecular flexibility index (Phi) is 6.97. The number of carbonyl (C=O) groups excluding carboxylic acids is 1. The number of benzene rings is 2. The molecule has 3 rings (SSSR count). The molecular formula is C22H26N4O3. The Morgan fingerprint density at radius 2 is 1.86 bits per heavy atom. The molecule has 0 aromatic heterocycles. The highest BCUT2D eigenvalue weighted by atomic mass is 16.6. The van der Waals surface area contributed by atoms with Gasteiger partial charge in [0.2, 0.25) is 0 Å². The molecule has 0 bridgehead atoms. The molecule has 0 unspecified atom stereocenters. The zero-order chi connectivity index (χ0) is 20.6. The van der Waals surface area contributed by atoms with Crippen molar-refractivity contribution in [1.29, 1.82) is 0 Å². The van der Waals surface area contributed by atoms with E-state index in [4.69, 9.17) is 0 Å². The molecule has 1 heterocycles. The summed E-state index contributed by atoms with van der Waals surface area (Å²) in [7, 11) is 0. The monoisotopic (exact) mass is 394 g/mol. The number of nitro groups is 1. The van der Waals surface area contributed by atoms with Gasteiger partial charge in [-0.05, 0) is 24.6 Å². The molecule has 1 N–H and O–H groups in total. The Morgan fingerprint density at radius 3 is 2.52 bits per heavy atom. The van der Waals surface area contributed by atoms with Crippen molar-refractivity contribution in [1.82, 2.24) is 9.80 Å². The maximum atomic E-state index is 12.8. The van der Waals surface area contributed by atoms with Gasteiger partial charge >= 0.3 is 0 Å². The third kappa shape index (κ3) is 5.42. The summed E-state index contributed by atoms with van der Waals surface area (Å²) in [6, 6.07) is 14.8. The van der Waals surface area contributed by atoms with E-state index in [2.05, 4.69) is 34.5 Å². The highest BCUT2D eigenvalue weighted by Crippen LogP contribution is 2.26. The lowest BCUT2D eigenvalue weighted by Crippen LogP contribution is -2.48. The van der Waals surface area contributed by atoms with Gasteiger partial charge in [0, 0.05) is 50.9 Å². The van der Waals surface area contributed by atoms with Crippen LogP contribution < -0.4 is 5.32 Å². The Morgan fingerprint density at radius 1 is 1.14 bits per heavy atom. The van der Waals surface area contributed by atoms with Crippen LogP contribution in [0.5, 0.6) is 0 Å². The van der Waals surface area contributed by atoms with Gasteiger partial charge < -0.3 is 10.2 Å². The lowest BCUT2D eigenvalue weighted by molar-refractivity contribution is -0.384. The summed E-state index contributed by atoms with van der Waals surface area (Å²) < 4.78 is 0. The van der Waals surface area contributed by atoms with Gasteiger partial charge in [0.25, 0.3) is 11.6 Å². The van der Waals surface area contributed by atoms with Crippen LogP contribution >= 0.6 is 0 Å².